The first-order valence-electron chi connectivity index (χ1n) is 5.90. The van der Waals surface area contributed by atoms with Gasteiger partial charge in [0, 0.05) is 23.1 Å². The summed E-state index contributed by atoms with van der Waals surface area (Å²) in [6.45, 7) is 0.729. The summed E-state index contributed by atoms with van der Waals surface area (Å²) in [5, 5.41) is 0.760. The molecule has 0 saturated heterocycles. The molecular formula is C15H15BrClNO. The lowest BCUT2D eigenvalue weighted by Gasteiger charge is -2.22. The van der Waals surface area contributed by atoms with Crippen LogP contribution in [0.15, 0.2) is 46.9 Å². The van der Waals surface area contributed by atoms with Crippen LogP contribution in [0.3, 0.4) is 0 Å². The minimum absolute atomic E-state index is 0.729. The zero-order valence-corrected chi connectivity index (χ0v) is 13.2. The van der Waals surface area contributed by atoms with Gasteiger partial charge >= 0.3 is 0 Å². The van der Waals surface area contributed by atoms with Gasteiger partial charge in [0.15, 0.2) is 0 Å². The number of nitrogens with zero attached hydrogens (tertiary/aromatic N) is 1. The third kappa shape index (κ3) is 3.43. The molecule has 4 heteroatoms. The third-order valence-corrected chi connectivity index (χ3v) is 3.76. The van der Waals surface area contributed by atoms with Crippen LogP contribution >= 0.6 is 27.5 Å². The molecule has 0 aliphatic heterocycles. The molecule has 0 fully saturated rings. The molecule has 0 spiro atoms. The molecule has 0 radical (unpaired) electrons. The maximum Gasteiger partial charge on any atom is 0.142 e. The van der Waals surface area contributed by atoms with Crippen LogP contribution in [0.2, 0.25) is 5.02 Å². The Labute approximate surface area is 127 Å². The number of hydrogen-bond acceptors (Lipinski definition) is 2. The van der Waals surface area contributed by atoms with Crippen LogP contribution in [0.5, 0.6) is 5.75 Å². The Hall–Kier alpha value is -1.19. The van der Waals surface area contributed by atoms with Gasteiger partial charge in [-0.25, -0.2) is 0 Å². The zero-order chi connectivity index (χ0) is 13.8. The van der Waals surface area contributed by atoms with E-state index >= 15 is 0 Å². The van der Waals surface area contributed by atoms with Crippen LogP contribution in [0.4, 0.5) is 5.69 Å². The monoisotopic (exact) mass is 339 g/mol. The van der Waals surface area contributed by atoms with Crippen molar-refractivity contribution in [3.63, 3.8) is 0 Å². The van der Waals surface area contributed by atoms with Gasteiger partial charge in [-0.05, 0) is 29.8 Å². The van der Waals surface area contributed by atoms with Gasteiger partial charge in [0.05, 0.1) is 12.8 Å². The van der Waals surface area contributed by atoms with Gasteiger partial charge < -0.3 is 9.64 Å². The van der Waals surface area contributed by atoms with Gasteiger partial charge in [0.1, 0.15) is 5.75 Å². The normalized spacial score (nSPS) is 10.3. The third-order valence-electron chi connectivity index (χ3n) is 2.92. The van der Waals surface area contributed by atoms with Crippen molar-refractivity contribution in [3.05, 3.63) is 57.5 Å². The largest absolute Gasteiger partial charge is 0.495 e. The number of anilines is 1. The van der Waals surface area contributed by atoms with Crippen LogP contribution in [0.1, 0.15) is 5.56 Å². The quantitative estimate of drug-likeness (QED) is 0.796. The second-order valence-corrected chi connectivity index (χ2v) is 5.59. The Morgan fingerprint density at radius 3 is 2.63 bits per heavy atom. The molecular weight excluding hydrogens is 326 g/mol. The van der Waals surface area contributed by atoms with Crippen LogP contribution in [0, 0.1) is 0 Å². The maximum atomic E-state index is 6.25. The fourth-order valence-electron chi connectivity index (χ4n) is 1.94. The summed E-state index contributed by atoms with van der Waals surface area (Å²) in [5.41, 5.74) is 2.13. The van der Waals surface area contributed by atoms with E-state index in [-0.39, 0.29) is 0 Å². The van der Waals surface area contributed by atoms with E-state index in [2.05, 4.69) is 20.8 Å². The molecule has 0 atom stereocenters. The number of benzene rings is 2. The zero-order valence-electron chi connectivity index (χ0n) is 10.9. The minimum Gasteiger partial charge on any atom is -0.495 e. The molecule has 2 aromatic carbocycles. The number of para-hydroxylation sites is 2. The number of halogens is 2. The molecule has 0 aliphatic rings. The SMILES string of the molecule is COc1ccccc1N(C)Cc1ccc(Br)cc1Cl. The molecule has 2 aromatic rings. The van der Waals surface area contributed by atoms with E-state index in [1.54, 1.807) is 7.11 Å². The molecule has 0 unspecified atom stereocenters. The van der Waals surface area contributed by atoms with Gasteiger partial charge in [-0.1, -0.05) is 45.7 Å². The fourth-order valence-corrected chi connectivity index (χ4v) is 2.67. The number of rotatable bonds is 4. The van der Waals surface area contributed by atoms with E-state index in [0.717, 1.165) is 33.0 Å². The number of methoxy groups -OCH3 is 1. The van der Waals surface area contributed by atoms with Gasteiger partial charge in [0.2, 0.25) is 0 Å². The van der Waals surface area contributed by atoms with Crippen molar-refractivity contribution in [1.29, 1.82) is 0 Å². The Morgan fingerprint density at radius 2 is 1.95 bits per heavy atom. The first-order chi connectivity index (χ1) is 9.11. The van der Waals surface area contributed by atoms with E-state index in [4.69, 9.17) is 16.3 Å². The van der Waals surface area contributed by atoms with Crippen molar-refractivity contribution in [2.75, 3.05) is 19.1 Å². The predicted molar refractivity (Wildman–Crippen MR) is 84.3 cm³/mol. The van der Waals surface area contributed by atoms with E-state index in [0.29, 0.717) is 0 Å². The molecule has 0 bridgehead atoms. The van der Waals surface area contributed by atoms with Crippen LogP contribution in [-0.4, -0.2) is 14.2 Å². The highest BCUT2D eigenvalue weighted by atomic mass is 79.9. The topological polar surface area (TPSA) is 12.5 Å². The van der Waals surface area contributed by atoms with E-state index < -0.39 is 0 Å². The molecule has 19 heavy (non-hydrogen) atoms. The second-order valence-electron chi connectivity index (χ2n) is 4.26. The second kappa shape index (κ2) is 6.31. The fraction of sp³-hybridized carbons (Fsp3) is 0.200. The highest BCUT2D eigenvalue weighted by Crippen LogP contribution is 2.29. The lowest BCUT2D eigenvalue weighted by atomic mass is 10.2. The van der Waals surface area contributed by atoms with Crippen LogP contribution in [0.25, 0.3) is 0 Å². The average Bonchev–Trinajstić information content (AvgIpc) is 2.41. The Kier molecular flexibility index (Phi) is 4.72. The average molecular weight is 341 g/mol. The molecule has 0 aliphatic carbocycles. The molecule has 0 aromatic heterocycles. The van der Waals surface area contributed by atoms with Gasteiger partial charge in [-0.15, -0.1) is 0 Å². The molecule has 2 rings (SSSR count). The van der Waals surface area contributed by atoms with Crippen LogP contribution < -0.4 is 9.64 Å². The van der Waals surface area contributed by atoms with E-state index in [9.17, 15) is 0 Å². The highest BCUT2D eigenvalue weighted by Gasteiger charge is 2.09. The Balaban J connectivity index is 2.23. The van der Waals surface area contributed by atoms with Crippen molar-refractivity contribution in [1.82, 2.24) is 0 Å². The molecule has 0 saturated carbocycles. The van der Waals surface area contributed by atoms with Crippen molar-refractivity contribution in [2.45, 2.75) is 6.54 Å². The summed E-state index contributed by atoms with van der Waals surface area (Å²) < 4.78 is 6.36. The molecule has 2 nitrogen and oxygen atoms in total. The summed E-state index contributed by atoms with van der Waals surface area (Å²) >= 11 is 9.66. The summed E-state index contributed by atoms with van der Waals surface area (Å²) in [4.78, 5) is 2.12. The first-order valence-corrected chi connectivity index (χ1v) is 7.07. The van der Waals surface area contributed by atoms with Crippen molar-refractivity contribution >= 4 is 33.2 Å². The molecule has 0 amide bonds. The number of hydrogen-bond donors (Lipinski definition) is 0. The van der Waals surface area contributed by atoms with Gasteiger partial charge in [-0.3, -0.25) is 0 Å². The first kappa shape index (κ1) is 14.2. The standard InChI is InChI=1S/C15H15BrClNO/c1-18(14-5-3-4-6-15(14)19-2)10-11-7-8-12(16)9-13(11)17/h3-9H,10H2,1-2H3. The van der Waals surface area contributed by atoms with Gasteiger partial charge in [0.25, 0.3) is 0 Å². The van der Waals surface area contributed by atoms with Gasteiger partial charge in [-0.2, -0.15) is 0 Å². The summed E-state index contributed by atoms with van der Waals surface area (Å²) in [5.74, 6) is 0.859. The van der Waals surface area contributed by atoms with E-state index in [1.807, 2.05) is 49.5 Å². The smallest absolute Gasteiger partial charge is 0.142 e. The minimum atomic E-state index is 0.729. The van der Waals surface area contributed by atoms with Crippen molar-refractivity contribution in [2.24, 2.45) is 0 Å². The summed E-state index contributed by atoms with van der Waals surface area (Å²) in [7, 11) is 3.70. The molecule has 100 valence electrons. The molecule has 0 N–H and O–H groups in total. The van der Waals surface area contributed by atoms with Crippen molar-refractivity contribution < 1.29 is 4.74 Å². The lowest BCUT2D eigenvalue weighted by Crippen LogP contribution is -2.17. The summed E-state index contributed by atoms with van der Waals surface area (Å²) in [6.07, 6.45) is 0. The molecule has 0 heterocycles. The van der Waals surface area contributed by atoms with Crippen LogP contribution in [-0.2, 0) is 6.54 Å². The highest BCUT2D eigenvalue weighted by molar-refractivity contribution is 9.10. The summed E-state index contributed by atoms with van der Waals surface area (Å²) in [6, 6.07) is 13.9. The predicted octanol–water partition coefficient (Wildman–Crippen LogP) is 4.75. The maximum absolute atomic E-state index is 6.25. The van der Waals surface area contributed by atoms with E-state index in [1.165, 1.54) is 0 Å². The Bertz CT molecular complexity index is 574. The van der Waals surface area contributed by atoms with Crippen molar-refractivity contribution in [3.8, 4) is 5.75 Å². The number of ether oxygens (including phenoxy) is 1. The lowest BCUT2D eigenvalue weighted by molar-refractivity contribution is 0.415. The Morgan fingerprint density at radius 1 is 1.21 bits per heavy atom.